The van der Waals surface area contributed by atoms with Gasteiger partial charge in [-0.15, -0.1) is 10.2 Å². The second kappa shape index (κ2) is 5.72. The summed E-state index contributed by atoms with van der Waals surface area (Å²) >= 11 is 3.38. The maximum Gasteiger partial charge on any atom is 0.256 e. The maximum atomic E-state index is 12.5. The second-order valence-electron chi connectivity index (χ2n) is 4.71. The van der Waals surface area contributed by atoms with Gasteiger partial charge in [0.15, 0.2) is 5.82 Å². The summed E-state index contributed by atoms with van der Waals surface area (Å²) in [7, 11) is 1.82. The van der Waals surface area contributed by atoms with Gasteiger partial charge in [0.2, 0.25) is 0 Å². The number of carbonyl (C=O) groups excluding carboxylic acids is 1. The van der Waals surface area contributed by atoms with Gasteiger partial charge < -0.3 is 5.32 Å². The number of aromatic nitrogens is 5. The lowest BCUT2D eigenvalue weighted by atomic mass is 10.2. The van der Waals surface area contributed by atoms with Crippen molar-refractivity contribution >= 4 is 27.5 Å². The Morgan fingerprint density at radius 3 is 2.59 bits per heavy atom. The molecule has 0 aliphatic rings. The molecular formula is C14H13BrN6O. The summed E-state index contributed by atoms with van der Waals surface area (Å²) in [5.74, 6) is 0.364. The summed E-state index contributed by atoms with van der Waals surface area (Å²) in [6.07, 6.45) is 3.08. The molecule has 2 aromatic heterocycles. The molecule has 0 spiro atoms. The molecule has 3 rings (SSSR count). The van der Waals surface area contributed by atoms with Crippen molar-refractivity contribution in [3.63, 3.8) is 0 Å². The van der Waals surface area contributed by atoms with Gasteiger partial charge in [-0.1, -0.05) is 12.1 Å². The van der Waals surface area contributed by atoms with Crippen LogP contribution >= 0.6 is 15.9 Å². The molecule has 2 heterocycles. The van der Waals surface area contributed by atoms with Crippen LogP contribution in [0.1, 0.15) is 16.1 Å². The minimum Gasteiger partial charge on any atom is -0.317 e. The number of aryl methyl sites for hydroxylation is 1. The van der Waals surface area contributed by atoms with Crippen molar-refractivity contribution in [1.82, 2.24) is 24.5 Å². The van der Waals surface area contributed by atoms with Gasteiger partial charge in [0.25, 0.3) is 5.91 Å². The summed E-state index contributed by atoms with van der Waals surface area (Å²) in [4.78, 5) is 12.5. The first-order chi connectivity index (χ1) is 10.6. The Balaban J connectivity index is 1.99. The molecule has 112 valence electrons. The van der Waals surface area contributed by atoms with Crippen LogP contribution in [0.2, 0.25) is 0 Å². The Bertz CT molecular complexity index is 824. The molecule has 0 aliphatic carbocycles. The van der Waals surface area contributed by atoms with Crippen molar-refractivity contribution in [3.05, 3.63) is 52.7 Å². The highest BCUT2D eigenvalue weighted by atomic mass is 79.9. The van der Waals surface area contributed by atoms with Gasteiger partial charge in [0, 0.05) is 11.5 Å². The maximum absolute atomic E-state index is 12.5. The lowest BCUT2D eigenvalue weighted by Gasteiger charge is -2.08. The molecule has 0 aliphatic heterocycles. The Morgan fingerprint density at radius 2 is 1.91 bits per heavy atom. The average molecular weight is 361 g/mol. The number of amides is 1. The van der Waals surface area contributed by atoms with E-state index >= 15 is 0 Å². The third-order valence-corrected chi connectivity index (χ3v) is 4.03. The van der Waals surface area contributed by atoms with E-state index in [0.29, 0.717) is 17.1 Å². The second-order valence-corrected chi connectivity index (χ2v) is 5.57. The zero-order valence-electron chi connectivity index (χ0n) is 12.0. The third-order valence-electron chi connectivity index (χ3n) is 3.34. The molecule has 1 aromatic carbocycles. The van der Waals surface area contributed by atoms with Crippen molar-refractivity contribution in [3.8, 4) is 5.82 Å². The van der Waals surface area contributed by atoms with Crippen molar-refractivity contribution in [1.29, 1.82) is 0 Å². The Morgan fingerprint density at radius 1 is 1.23 bits per heavy atom. The minimum absolute atomic E-state index is 0.210. The third kappa shape index (κ3) is 2.52. The molecule has 8 heteroatoms. The molecule has 0 bridgehead atoms. The van der Waals surface area contributed by atoms with Crippen LogP contribution < -0.4 is 5.32 Å². The lowest BCUT2D eigenvalue weighted by molar-refractivity contribution is 0.102. The number of benzene rings is 1. The van der Waals surface area contributed by atoms with E-state index in [4.69, 9.17) is 0 Å². The molecule has 0 saturated heterocycles. The monoisotopic (exact) mass is 360 g/mol. The van der Waals surface area contributed by atoms with Gasteiger partial charge in [-0.05, 0) is 35.0 Å². The van der Waals surface area contributed by atoms with Crippen molar-refractivity contribution in [2.45, 2.75) is 6.92 Å². The lowest BCUT2D eigenvalue weighted by Crippen LogP contribution is -2.14. The van der Waals surface area contributed by atoms with E-state index in [1.54, 1.807) is 15.3 Å². The zero-order valence-corrected chi connectivity index (χ0v) is 13.6. The zero-order chi connectivity index (χ0) is 15.7. The van der Waals surface area contributed by atoms with Crippen LogP contribution in [0, 0.1) is 6.92 Å². The Labute approximate surface area is 135 Å². The van der Waals surface area contributed by atoms with Crippen molar-refractivity contribution < 1.29 is 4.79 Å². The molecule has 1 N–H and O–H groups in total. The molecule has 7 nitrogen and oxygen atoms in total. The molecule has 0 radical (unpaired) electrons. The van der Waals surface area contributed by atoms with Gasteiger partial charge in [-0.25, -0.2) is 0 Å². The van der Waals surface area contributed by atoms with Crippen LogP contribution in [0.3, 0.4) is 0 Å². The Kier molecular flexibility index (Phi) is 3.76. The van der Waals surface area contributed by atoms with Gasteiger partial charge in [-0.2, -0.15) is 5.10 Å². The fourth-order valence-electron chi connectivity index (χ4n) is 2.05. The van der Waals surface area contributed by atoms with Crippen molar-refractivity contribution in [2.75, 3.05) is 5.32 Å². The number of carbonyl (C=O) groups is 1. The van der Waals surface area contributed by atoms with Crippen LogP contribution in [0.15, 0.2) is 41.4 Å². The number of nitrogens with zero attached hydrogens (tertiary/aromatic N) is 5. The molecule has 0 fully saturated rings. The standard InChI is InChI=1S/C14H13BrN6O/c1-9-12(13(19-20(9)2)21-7-16-17-8-21)18-14(22)10-5-3-4-6-11(10)15/h3-8H,1-2H3,(H,18,22). The number of halogens is 1. The van der Waals surface area contributed by atoms with Crippen LogP contribution in [-0.4, -0.2) is 30.5 Å². The van der Waals surface area contributed by atoms with E-state index in [1.165, 1.54) is 12.7 Å². The molecule has 0 saturated carbocycles. The summed E-state index contributed by atoms with van der Waals surface area (Å²) in [5, 5.41) is 14.9. The van der Waals surface area contributed by atoms with Gasteiger partial charge in [-0.3, -0.25) is 14.0 Å². The summed E-state index contributed by atoms with van der Waals surface area (Å²) in [6.45, 7) is 1.89. The fraction of sp³-hybridized carbons (Fsp3) is 0.143. The number of rotatable bonds is 3. The minimum atomic E-state index is -0.210. The van der Waals surface area contributed by atoms with E-state index in [-0.39, 0.29) is 5.91 Å². The number of hydrogen-bond acceptors (Lipinski definition) is 4. The summed E-state index contributed by atoms with van der Waals surface area (Å²) in [5.41, 5.74) is 2.02. The highest BCUT2D eigenvalue weighted by molar-refractivity contribution is 9.10. The molecule has 22 heavy (non-hydrogen) atoms. The molecular weight excluding hydrogens is 348 g/mol. The largest absolute Gasteiger partial charge is 0.317 e. The predicted octanol–water partition coefficient (Wildman–Crippen LogP) is 2.32. The van der Waals surface area contributed by atoms with Crippen molar-refractivity contribution in [2.24, 2.45) is 7.05 Å². The van der Waals surface area contributed by atoms with Gasteiger partial charge >= 0.3 is 0 Å². The first-order valence-corrected chi connectivity index (χ1v) is 7.31. The first-order valence-electron chi connectivity index (χ1n) is 6.52. The highest BCUT2D eigenvalue weighted by Crippen LogP contribution is 2.25. The van der Waals surface area contributed by atoms with Crippen LogP contribution in [0.4, 0.5) is 5.69 Å². The number of hydrogen-bond donors (Lipinski definition) is 1. The predicted molar refractivity (Wildman–Crippen MR) is 85.0 cm³/mol. The fourth-order valence-corrected chi connectivity index (χ4v) is 2.52. The van der Waals surface area contributed by atoms with E-state index < -0.39 is 0 Å². The highest BCUT2D eigenvalue weighted by Gasteiger charge is 2.19. The summed E-state index contributed by atoms with van der Waals surface area (Å²) in [6, 6.07) is 7.25. The normalized spacial score (nSPS) is 10.7. The van der Waals surface area contributed by atoms with Crippen LogP contribution in [-0.2, 0) is 7.05 Å². The van der Waals surface area contributed by atoms with Gasteiger partial charge in [0.05, 0.1) is 11.3 Å². The van der Waals surface area contributed by atoms with E-state index in [1.807, 2.05) is 32.2 Å². The molecule has 1 amide bonds. The average Bonchev–Trinajstić information content (AvgIpc) is 3.11. The Hall–Kier alpha value is -2.48. The van der Waals surface area contributed by atoms with E-state index in [2.05, 4.69) is 36.5 Å². The number of nitrogens with one attached hydrogen (secondary N) is 1. The SMILES string of the molecule is Cc1c(NC(=O)c2ccccc2Br)c(-n2cnnc2)nn1C. The van der Waals surface area contributed by atoms with E-state index in [9.17, 15) is 4.79 Å². The van der Waals surface area contributed by atoms with Crippen LogP contribution in [0.5, 0.6) is 0 Å². The van der Waals surface area contributed by atoms with E-state index in [0.717, 1.165) is 10.2 Å². The molecule has 0 unspecified atom stereocenters. The number of anilines is 1. The molecule has 3 aromatic rings. The summed E-state index contributed by atoms with van der Waals surface area (Å²) < 4.78 is 4.09. The molecule has 0 atom stereocenters. The van der Waals surface area contributed by atoms with Crippen LogP contribution in [0.25, 0.3) is 5.82 Å². The van der Waals surface area contributed by atoms with Gasteiger partial charge in [0.1, 0.15) is 18.3 Å². The first kappa shape index (κ1) is 14.5. The quantitative estimate of drug-likeness (QED) is 0.777. The topological polar surface area (TPSA) is 77.6 Å². The smallest absolute Gasteiger partial charge is 0.256 e.